The first-order chi connectivity index (χ1) is 7.88. The van der Waals surface area contributed by atoms with Crippen molar-refractivity contribution >= 4 is 37.7 Å². The maximum atomic E-state index is 11.7. The maximum Gasteiger partial charge on any atom is 0.229 e. The monoisotopic (exact) mass is 319 g/mol. The Bertz CT molecular complexity index is 560. The lowest BCUT2D eigenvalue weighted by molar-refractivity contribution is -0.117. The molecule has 92 valence electrons. The van der Waals surface area contributed by atoms with Crippen molar-refractivity contribution in [3.63, 3.8) is 0 Å². The minimum Gasteiger partial charge on any atom is -0.295 e. The summed E-state index contributed by atoms with van der Waals surface area (Å²) in [7, 11) is -3.69. The molecule has 2 heterocycles. The van der Waals surface area contributed by atoms with Crippen LogP contribution in [0.5, 0.6) is 0 Å². The van der Waals surface area contributed by atoms with Gasteiger partial charge in [-0.05, 0) is 12.1 Å². The average Bonchev–Trinajstić information content (AvgIpc) is 2.60. The minimum absolute atomic E-state index is 0.0567. The molecule has 0 saturated carbocycles. The molecule has 1 saturated heterocycles. The van der Waals surface area contributed by atoms with Crippen molar-refractivity contribution in [2.45, 2.75) is 11.7 Å². The molecule has 0 spiro atoms. The molecule has 1 aromatic heterocycles. The van der Waals surface area contributed by atoms with Crippen LogP contribution in [-0.2, 0) is 14.8 Å². The molecule has 1 atom stereocenters. The molecule has 0 bridgehead atoms. The second kappa shape index (κ2) is 4.35. The van der Waals surface area contributed by atoms with Crippen LogP contribution in [0.4, 0.5) is 5.82 Å². The zero-order valence-electron chi connectivity index (χ0n) is 8.71. The minimum atomic E-state index is -3.69. The molecule has 1 amide bonds. The molecule has 0 aliphatic carbocycles. The van der Waals surface area contributed by atoms with Crippen LogP contribution in [0.3, 0.4) is 0 Å². The van der Waals surface area contributed by atoms with E-state index in [2.05, 4.69) is 20.9 Å². The fraction of sp³-hybridized carbons (Fsp3) is 0.333. The fourth-order valence-electron chi connectivity index (χ4n) is 1.66. The number of aromatic nitrogens is 1. The van der Waals surface area contributed by atoms with Gasteiger partial charge in [-0.25, -0.2) is 18.5 Å². The molecular formula is C9H10BrN3O3S. The summed E-state index contributed by atoms with van der Waals surface area (Å²) in [5.74, 6) is 0.144. The van der Waals surface area contributed by atoms with Crippen molar-refractivity contribution in [1.82, 2.24) is 4.98 Å². The van der Waals surface area contributed by atoms with Crippen LogP contribution in [-0.4, -0.2) is 31.1 Å². The van der Waals surface area contributed by atoms with Crippen molar-refractivity contribution in [1.29, 1.82) is 0 Å². The predicted octanol–water partition coefficient (Wildman–Crippen LogP) is 0.238. The number of pyridine rings is 1. The topological polar surface area (TPSA) is 93.4 Å². The third-order valence-electron chi connectivity index (χ3n) is 2.54. The van der Waals surface area contributed by atoms with Gasteiger partial charge in [0.1, 0.15) is 11.1 Å². The third-order valence-corrected chi connectivity index (χ3v) is 4.28. The Labute approximate surface area is 107 Å². The number of hydrogen-bond acceptors (Lipinski definition) is 4. The van der Waals surface area contributed by atoms with Gasteiger partial charge in [-0.1, -0.05) is 15.9 Å². The highest BCUT2D eigenvalue weighted by molar-refractivity contribution is 9.10. The lowest BCUT2D eigenvalue weighted by Gasteiger charge is -2.14. The number of halogens is 1. The first kappa shape index (κ1) is 12.5. The second-order valence-corrected chi connectivity index (χ2v) is 6.51. The Hall–Kier alpha value is -0.990. The predicted molar refractivity (Wildman–Crippen MR) is 65.8 cm³/mol. The van der Waals surface area contributed by atoms with E-state index in [1.165, 1.54) is 11.1 Å². The SMILES string of the molecule is NS(=O)(=O)C1CC(=O)N(c2cc(Br)ccn2)C1. The molecule has 6 nitrogen and oxygen atoms in total. The van der Waals surface area contributed by atoms with Crippen molar-refractivity contribution in [3.05, 3.63) is 22.8 Å². The van der Waals surface area contributed by atoms with E-state index in [0.717, 1.165) is 4.47 Å². The summed E-state index contributed by atoms with van der Waals surface area (Å²) in [6.45, 7) is 0.0567. The number of nitrogens with zero attached hydrogens (tertiary/aromatic N) is 2. The van der Waals surface area contributed by atoms with Crippen LogP contribution in [0.1, 0.15) is 6.42 Å². The molecule has 2 N–H and O–H groups in total. The van der Waals surface area contributed by atoms with Crippen LogP contribution >= 0.6 is 15.9 Å². The summed E-state index contributed by atoms with van der Waals surface area (Å²) in [6.07, 6.45) is 1.45. The Morgan fingerprint density at radius 3 is 2.76 bits per heavy atom. The Balaban J connectivity index is 2.28. The van der Waals surface area contributed by atoms with E-state index in [0.29, 0.717) is 5.82 Å². The van der Waals surface area contributed by atoms with Crippen LogP contribution in [0.15, 0.2) is 22.8 Å². The standard InChI is InChI=1S/C9H10BrN3O3S/c10-6-1-2-12-8(3-6)13-5-7(4-9(13)14)17(11,15)16/h1-3,7H,4-5H2,(H2,11,15,16). The van der Waals surface area contributed by atoms with E-state index < -0.39 is 15.3 Å². The third kappa shape index (κ3) is 2.64. The molecule has 1 aliphatic rings. The van der Waals surface area contributed by atoms with E-state index in [4.69, 9.17) is 5.14 Å². The van der Waals surface area contributed by atoms with Crippen LogP contribution in [0.2, 0.25) is 0 Å². The van der Waals surface area contributed by atoms with E-state index >= 15 is 0 Å². The summed E-state index contributed by atoms with van der Waals surface area (Å²) in [5.41, 5.74) is 0. The fourth-order valence-corrected chi connectivity index (χ4v) is 2.71. The summed E-state index contributed by atoms with van der Waals surface area (Å²) in [4.78, 5) is 17.1. The molecule has 8 heteroatoms. The van der Waals surface area contributed by atoms with E-state index in [-0.39, 0.29) is 18.9 Å². The number of hydrogen-bond donors (Lipinski definition) is 1. The van der Waals surface area contributed by atoms with Gasteiger partial charge in [0.2, 0.25) is 15.9 Å². The molecule has 1 unspecified atom stereocenters. The number of carbonyl (C=O) groups is 1. The van der Waals surface area contributed by atoms with Gasteiger partial charge in [-0.3, -0.25) is 9.69 Å². The summed E-state index contributed by atoms with van der Waals surface area (Å²) < 4.78 is 23.2. The molecule has 1 aromatic rings. The highest BCUT2D eigenvalue weighted by atomic mass is 79.9. The Morgan fingerprint density at radius 2 is 2.24 bits per heavy atom. The van der Waals surface area contributed by atoms with Gasteiger partial charge in [0.05, 0.1) is 0 Å². The van der Waals surface area contributed by atoms with Crippen molar-refractivity contribution in [2.24, 2.45) is 5.14 Å². The van der Waals surface area contributed by atoms with Gasteiger partial charge < -0.3 is 0 Å². The molecule has 2 rings (SSSR count). The molecular weight excluding hydrogens is 310 g/mol. The largest absolute Gasteiger partial charge is 0.295 e. The Morgan fingerprint density at radius 1 is 1.53 bits per heavy atom. The van der Waals surface area contributed by atoms with E-state index in [1.54, 1.807) is 12.1 Å². The van der Waals surface area contributed by atoms with Crippen molar-refractivity contribution in [3.8, 4) is 0 Å². The first-order valence-electron chi connectivity index (χ1n) is 4.81. The number of carbonyl (C=O) groups excluding carboxylic acids is 1. The second-order valence-electron chi connectivity index (χ2n) is 3.75. The number of sulfonamides is 1. The summed E-state index contributed by atoms with van der Waals surface area (Å²) >= 11 is 3.26. The summed E-state index contributed by atoms with van der Waals surface area (Å²) in [5, 5.41) is 4.19. The van der Waals surface area contributed by atoms with Crippen LogP contribution < -0.4 is 10.0 Å². The van der Waals surface area contributed by atoms with Gasteiger partial charge in [-0.15, -0.1) is 0 Å². The molecule has 1 fully saturated rings. The molecule has 1 aliphatic heterocycles. The normalized spacial score (nSPS) is 20.9. The van der Waals surface area contributed by atoms with Gasteiger partial charge in [-0.2, -0.15) is 0 Å². The number of amides is 1. The highest BCUT2D eigenvalue weighted by Gasteiger charge is 2.37. The van der Waals surface area contributed by atoms with Crippen LogP contribution in [0, 0.1) is 0 Å². The van der Waals surface area contributed by atoms with Crippen molar-refractivity contribution in [2.75, 3.05) is 11.4 Å². The van der Waals surface area contributed by atoms with Crippen molar-refractivity contribution < 1.29 is 13.2 Å². The van der Waals surface area contributed by atoms with E-state index in [1.807, 2.05) is 0 Å². The smallest absolute Gasteiger partial charge is 0.229 e. The van der Waals surface area contributed by atoms with E-state index in [9.17, 15) is 13.2 Å². The number of nitrogens with two attached hydrogens (primary N) is 1. The number of rotatable bonds is 2. The van der Waals surface area contributed by atoms with Gasteiger partial charge >= 0.3 is 0 Å². The summed E-state index contributed by atoms with van der Waals surface area (Å²) in [6, 6.07) is 3.38. The first-order valence-corrected chi connectivity index (χ1v) is 7.21. The average molecular weight is 320 g/mol. The molecule has 17 heavy (non-hydrogen) atoms. The van der Waals surface area contributed by atoms with Crippen LogP contribution in [0.25, 0.3) is 0 Å². The molecule has 0 aromatic carbocycles. The number of anilines is 1. The lowest BCUT2D eigenvalue weighted by atomic mass is 10.4. The quantitative estimate of drug-likeness (QED) is 0.844. The van der Waals surface area contributed by atoms with Gasteiger partial charge in [0.15, 0.2) is 0 Å². The van der Waals surface area contributed by atoms with Gasteiger partial charge in [0.25, 0.3) is 0 Å². The maximum absolute atomic E-state index is 11.7. The zero-order chi connectivity index (χ0) is 12.6. The highest BCUT2D eigenvalue weighted by Crippen LogP contribution is 2.24. The van der Waals surface area contributed by atoms with Gasteiger partial charge in [0, 0.05) is 23.6 Å². The zero-order valence-corrected chi connectivity index (χ0v) is 11.1. The number of primary sulfonamides is 1. The lowest BCUT2D eigenvalue weighted by Crippen LogP contribution is -2.32. The molecule has 0 radical (unpaired) electrons. The Kier molecular flexibility index (Phi) is 3.19.